The molecule has 1 heterocycles. The van der Waals surface area contributed by atoms with Crippen molar-refractivity contribution < 1.29 is 14.1 Å². The number of halogens is 1. The highest BCUT2D eigenvalue weighted by atomic mass is 35.5. The molecule has 1 amide bonds. The zero-order chi connectivity index (χ0) is 13.7. The van der Waals surface area contributed by atoms with Gasteiger partial charge in [0.05, 0.1) is 6.61 Å². The van der Waals surface area contributed by atoms with Crippen LogP contribution in [-0.4, -0.2) is 22.8 Å². The predicted octanol–water partition coefficient (Wildman–Crippen LogP) is 2.64. The molecule has 0 aliphatic rings. The highest BCUT2D eigenvalue weighted by Gasteiger charge is 2.09. The molecule has 6 nitrogen and oxygen atoms in total. The van der Waals surface area contributed by atoms with Gasteiger partial charge in [0.25, 0.3) is 0 Å². The minimum absolute atomic E-state index is 0.124. The van der Waals surface area contributed by atoms with Crippen molar-refractivity contribution in [3.8, 4) is 11.4 Å². The van der Waals surface area contributed by atoms with E-state index in [4.69, 9.17) is 20.9 Å². The summed E-state index contributed by atoms with van der Waals surface area (Å²) in [6.45, 7) is 2.16. The van der Waals surface area contributed by atoms with E-state index in [9.17, 15) is 4.79 Å². The maximum Gasteiger partial charge on any atom is 0.407 e. The van der Waals surface area contributed by atoms with Gasteiger partial charge in [-0.3, -0.25) is 0 Å². The number of carbonyl (C=O) groups is 1. The largest absolute Gasteiger partial charge is 0.450 e. The number of amides is 1. The van der Waals surface area contributed by atoms with Crippen LogP contribution < -0.4 is 5.32 Å². The average molecular weight is 282 g/mol. The van der Waals surface area contributed by atoms with Gasteiger partial charge in [0.2, 0.25) is 11.7 Å². The van der Waals surface area contributed by atoms with Gasteiger partial charge >= 0.3 is 6.09 Å². The number of nitrogens with zero attached hydrogens (tertiary/aromatic N) is 2. The number of carbonyl (C=O) groups excluding carboxylic acids is 1. The summed E-state index contributed by atoms with van der Waals surface area (Å²) in [5, 5.41) is 6.95. The second kappa shape index (κ2) is 6.19. The fraction of sp³-hybridized carbons (Fsp3) is 0.250. The fourth-order valence-corrected chi connectivity index (χ4v) is 1.50. The Hall–Kier alpha value is -2.08. The van der Waals surface area contributed by atoms with Gasteiger partial charge in [-0.1, -0.05) is 16.8 Å². The number of rotatable bonds is 4. The van der Waals surface area contributed by atoms with Crippen LogP contribution in [0.5, 0.6) is 0 Å². The summed E-state index contributed by atoms with van der Waals surface area (Å²) in [6, 6.07) is 7.05. The lowest BCUT2D eigenvalue weighted by Crippen LogP contribution is -2.23. The molecule has 0 saturated carbocycles. The van der Waals surface area contributed by atoms with Gasteiger partial charge in [-0.05, 0) is 31.2 Å². The minimum Gasteiger partial charge on any atom is -0.450 e. The standard InChI is InChI=1S/C12H12ClN3O3/c1-2-18-12(17)14-7-10-15-11(16-19-10)8-3-5-9(13)6-4-8/h3-6H,2,7H2,1H3,(H,14,17). The Kier molecular flexibility index (Phi) is 4.35. The van der Waals surface area contributed by atoms with Gasteiger partial charge in [0, 0.05) is 10.6 Å². The highest BCUT2D eigenvalue weighted by molar-refractivity contribution is 6.30. The topological polar surface area (TPSA) is 77.2 Å². The van der Waals surface area contributed by atoms with Crippen molar-refractivity contribution in [2.75, 3.05) is 6.61 Å². The number of ether oxygens (including phenoxy) is 1. The van der Waals surface area contributed by atoms with E-state index in [-0.39, 0.29) is 6.54 Å². The second-order valence-corrected chi connectivity index (χ2v) is 4.03. The number of benzene rings is 1. The molecular formula is C12H12ClN3O3. The first-order valence-electron chi connectivity index (χ1n) is 5.68. The molecule has 2 aromatic rings. The van der Waals surface area contributed by atoms with Crippen molar-refractivity contribution in [1.29, 1.82) is 0 Å². The molecule has 1 aromatic heterocycles. The Labute approximate surface area is 114 Å². The zero-order valence-electron chi connectivity index (χ0n) is 10.2. The SMILES string of the molecule is CCOC(=O)NCc1nc(-c2ccc(Cl)cc2)no1. The molecule has 1 aromatic carbocycles. The lowest BCUT2D eigenvalue weighted by molar-refractivity contribution is 0.150. The Morgan fingerprint density at radius 2 is 2.16 bits per heavy atom. The average Bonchev–Trinajstić information content (AvgIpc) is 2.86. The predicted molar refractivity (Wildman–Crippen MR) is 68.6 cm³/mol. The third kappa shape index (κ3) is 3.69. The molecule has 0 unspecified atom stereocenters. The first-order chi connectivity index (χ1) is 9.19. The molecule has 1 N–H and O–H groups in total. The first kappa shape index (κ1) is 13.4. The number of hydrogen-bond donors (Lipinski definition) is 1. The summed E-state index contributed by atoms with van der Waals surface area (Å²) < 4.78 is 9.73. The van der Waals surface area contributed by atoms with Gasteiger partial charge in [-0.2, -0.15) is 4.98 Å². The molecule has 19 heavy (non-hydrogen) atoms. The van der Waals surface area contributed by atoms with E-state index in [1.807, 2.05) is 0 Å². The molecule has 7 heteroatoms. The van der Waals surface area contributed by atoms with E-state index in [2.05, 4.69) is 15.5 Å². The summed E-state index contributed by atoms with van der Waals surface area (Å²) in [4.78, 5) is 15.2. The Morgan fingerprint density at radius 1 is 1.42 bits per heavy atom. The van der Waals surface area contributed by atoms with Gasteiger partial charge in [-0.25, -0.2) is 4.79 Å². The molecule has 0 bridgehead atoms. The van der Waals surface area contributed by atoms with E-state index in [1.165, 1.54) is 0 Å². The third-order valence-electron chi connectivity index (χ3n) is 2.23. The molecule has 0 saturated heterocycles. The van der Waals surface area contributed by atoms with Crippen molar-refractivity contribution in [3.63, 3.8) is 0 Å². The number of aromatic nitrogens is 2. The van der Waals surface area contributed by atoms with Gasteiger partial charge in [-0.15, -0.1) is 0 Å². The maximum atomic E-state index is 11.1. The minimum atomic E-state index is -0.520. The van der Waals surface area contributed by atoms with Crippen molar-refractivity contribution in [2.45, 2.75) is 13.5 Å². The number of alkyl carbamates (subject to hydrolysis) is 1. The Bertz CT molecular complexity index is 554. The van der Waals surface area contributed by atoms with Crippen LogP contribution in [-0.2, 0) is 11.3 Å². The van der Waals surface area contributed by atoms with E-state index in [0.717, 1.165) is 5.56 Å². The second-order valence-electron chi connectivity index (χ2n) is 3.59. The normalized spacial score (nSPS) is 10.2. The summed E-state index contributed by atoms with van der Waals surface area (Å²) in [6.07, 6.45) is -0.520. The van der Waals surface area contributed by atoms with Gasteiger partial charge in [0.15, 0.2) is 0 Å². The molecule has 0 radical (unpaired) electrons. The highest BCUT2D eigenvalue weighted by Crippen LogP contribution is 2.18. The molecule has 0 aliphatic carbocycles. The number of nitrogens with one attached hydrogen (secondary N) is 1. The van der Waals surface area contributed by atoms with Gasteiger partial charge in [0.1, 0.15) is 6.54 Å². The third-order valence-corrected chi connectivity index (χ3v) is 2.48. The van der Waals surface area contributed by atoms with Crippen LogP contribution in [0.1, 0.15) is 12.8 Å². The quantitative estimate of drug-likeness (QED) is 0.932. The summed E-state index contributed by atoms with van der Waals surface area (Å²) in [5.41, 5.74) is 0.788. The molecule has 0 spiro atoms. The lowest BCUT2D eigenvalue weighted by atomic mass is 10.2. The summed E-state index contributed by atoms with van der Waals surface area (Å²) in [5.74, 6) is 0.746. The summed E-state index contributed by atoms with van der Waals surface area (Å²) >= 11 is 5.79. The zero-order valence-corrected chi connectivity index (χ0v) is 11.0. The Balaban J connectivity index is 1.99. The molecule has 0 fully saturated rings. The molecular weight excluding hydrogens is 270 g/mol. The Morgan fingerprint density at radius 3 is 2.84 bits per heavy atom. The first-order valence-corrected chi connectivity index (χ1v) is 6.06. The van der Waals surface area contributed by atoms with Crippen LogP contribution in [0, 0.1) is 0 Å². The monoisotopic (exact) mass is 281 g/mol. The van der Waals surface area contributed by atoms with Crippen molar-refractivity contribution in [2.24, 2.45) is 0 Å². The maximum absolute atomic E-state index is 11.1. The molecule has 0 aliphatic heterocycles. The van der Waals surface area contributed by atoms with E-state index < -0.39 is 6.09 Å². The van der Waals surface area contributed by atoms with Crippen molar-refractivity contribution in [1.82, 2.24) is 15.5 Å². The van der Waals surface area contributed by atoms with Crippen LogP contribution in [0.25, 0.3) is 11.4 Å². The van der Waals surface area contributed by atoms with E-state index in [1.54, 1.807) is 31.2 Å². The van der Waals surface area contributed by atoms with Crippen LogP contribution in [0.3, 0.4) is 0 Å². The number of hydrogen-bond acceptors (Lipinski definition) is 5. The molecule has 0 atom stereocenters. The lowest BCUT2D eigenvalue weighted by Gasteiger charge is -2.00. The van der Waals surface area contributed by atoms with Crippen LogP contribution in [0.4, 0.5) is 4.79 Å². The van der Waals surface area contributed by atoms with Gasteiger partial charge < -0.3 is 14.6 Å². The van der Waals surface area contributed by atoms with Crippen LogP contribution >= 0.6 is 11.6 Å². The van der Waals surface area contributed by atoms with E-state index in [0.29, 0.717) is 23.3 Å². The van der Waals surface area contributed by atoms with Crippen molar-refractivity contribution >= 4 is 17.7 Å². The van der Waals surface area contributed by atoms with Crippen molar-refractivity contribution in [3.05, 3.63) is 35.2 Å². The smallest absolute Gasteiger partial charge is 0.407 e. The van der Waals surface area contributed by atoms with E-state index >= 15 is 0 Å². The summed E-state index contributed by atoms with van der Waals surface area (Å²) in [7, 11) is 0. The molecule has 100 valence electrons. The van der Waals surface area contributed by atoms with Crippen LogP contribution in [0.15, 0.2) is 28.8 Å². The van der Waals surface area contributed by atoms with Crippen LogP contribution in [0.2, 0.25) is 5.02 Å². The molecule has 2 rings (SSSR count). The fourth-order valence-electron chi connectivity index (χ4n) is 1.37.